The van der Waals surface area contributed by atoms with Gasteiger partial charge in [0, 0.05) is 38.2 Å². The smallest absolute Gasteiger partial charge is 0.416 e. The van der Waals surface area contributed by atoms with Crippen LogP contribution in [0.2, 0.25) is 0 Å². The van der Waals surface area contributed by atoms with Crippen LogP contribution in [0.3, 0.4) is 0 Å². The van der Waals surface area contributed by atoms with Crippen LogP contribution >= 0.6 is 0 Å². The summed E-state index contributed by atoms with van der Waals surface area (Å²) in [5, 5.41) is 3.06. The van der Waals surface area contributed by atoms with Crippen LogP contribution in [0.15, 0.2) is 42.6 Å². The van der Waals surface area contributed by atoms with E-state index in [-0.39, 0.29) is 31.3 Å². The van der Waals surface area contributed by atoms with Gasteiger partial charge in [0.25, 0.3) is 5.91 Å². The number of carbonyl (C=O) groups is 2. The topological polar surface area (TPSA) is 71.5 Å². The molecule has 2 heterocycles. The number of ether oxygens (including phenoxy) is 1. The maximum absolute atomic E-state index is 12.9. The molecule has 1 N–H and O–H groups in total. The van der Waals surface area contributed by atoms with Gasteiger partial charge in [-0.05, 0) is 101 Å². The van der Waals surface area contributed by atoms with Gasteiger partial charge < -0.3 is 15.0 Å². The number of pyridine rings is 1. The standard InChI is InChI=1S/C32H38F3N3O3.H2/c1-31(2,3)41-30(40)38-19-16-27(17-20-38)37-29(39)25-15-18-36-28(21-25)14-8-22-5-4-6-23(9-7-22)24-10-12-26(13-11-24)32(33,34)35;/h10-13,15,18,21-23,27H,4-7,9,16-17,19-20H2,1-3H3,(H,37,39);1H. The van der Waals surface area contributed by atoms with Gasteiger partial charge in [0.05, 0.1) is 5.56 Å². The first-order valence-corrected chi connectivity index (χ1v) is 14.3. The molecule has 0 bridgehead atoms. The second kappa shape index (κ2) is 13.0. The number of halogens is 3. The summed E-state index contributed by atoms with van der Waals surface area (Å²) in [6, 6.07) is 8.86. The van der Waals surface area contributed by atoms with Gasteiger partial charge in [-0.2, -0.15) is 13.2 Å². The number of benzene rings is 1. The number of nitrogens with one attached hydrogen (secondary N) is 1. The molecule has 1 aromatic carbocycles. The van der Waals surface area contributed by atoms with E-state index in [0.29, 0.717) is 37.2 Å². The molecule has 1 saturated carbocycles. The first kappa shape index (κ1) is 30.4. The third-order valence-corrected chi connectivity index (χ3v) is 7.59. The van der Waals surface area contributed by atoms with E-state index in [1.54, 1.807) is 35.4 Å². The summed E-state index contributed by atoms with van der Waals surface area (Å²) < 4.78 is 44.1. The Labute approximate surface area is 241 Å². The van der Waals surface area contributed by atoms with Gasteiger partial charge in [-0.15, -0.1) is 0 Å². The lowest BCUT2D eigenvalue weighted by Crippen LogP contribution is -2.47. The van der Waals surface area contributed by atoms with E-state index < -0.39 is 17.3 Å². The Kier molecular flexibility index (Phi) is 9.62. The summed E-state index contributed by atoms with van der Waals surface area (Å²) in [5.41, 5.74) is 0.800. The molecule has 9 heteroatoms. The number of alkyl halides is 3. The van der Waals surface area contributed by atoms with Crippen LogP contribution in [0.5, 0.6) is 0 Å². The molecule has 1 aromatic heterocycles. The Morgan fingerprint density at radius 3 is 2.37 bits per heavy atom. The van der Waals surface area contributed by atoms with E-state index >= 15 is 0 Å². The minimum Gasteiger partial charge on any atom is -0.444 e. The highest BCUT2D eigenvalue weighted by Crippen LogP contribution is 2.36. The number of likely N-dealkylation sites (tertiary alicyclic amines) is 1. The summed E-state index contributed by atoms with van der Waals surface area (Å²) in [6.45, 7) is 6.56. The molecule has 1 saturated heterocycles. The van der Waals surface area contributed by atoms with Crippen molar-refractivity contribution in [2.24, 2.45) is 5.92 Å². The molecule has 4 rings (SSSR count). The Hall–Kier alpha value is -3.54. The van der Waals surface area contributed by atoms with E-state index in [0.717, 1.165) is 37.7 Å². The molecular weight excluding hydrogens is 531 g/mol. The zero-order chi connectivity index (χ0) is 29.6. The number of carbonyl (C=O) groups excluding carboxylic acids is 2. The Morgan fingerprint density at radius 2 is 1.71 bits per heavy atom. The Morgan fingerprint density at radius 1 is 1.00 bits per heavy atom. The summed E-state index contributed by atoms with van der Waals surface area (Å²) >= 11 is 0. The number of nitrogens with zero attached hydrogens (tertiary/aromatic N) is 2. The second-order valence-corrected chi connectivity index (χ2v) is 11.9. The lowest BCUT2D eigenvalue weighted by Gasteiger charge is -2.33. The van der Waals surface area contributed by atoms with Crippen molar-refractivity contribution in [2.45, 2.75) is 89.5 Å². The summed E-state index contributed by atoms with van der Waals surface area (Å²) in [5.74, 6) is 6.65. The van der Waals surface area contributed by atoms with E-state index in [2.05, 4.69) is 22.1 Å². The number of piperidine rings is 1. The zero-order valence-corrected chi connectivity index (χ0v) is 23.9. The molecule has 2 atom stereocenters. The van der Waals surface area contributed by atoms with Crippen LogP contribution in [0.4, 0.5) is 18.0 Å². The highest BCUT2D eigenvalue weighted by atomic mass is 19.4. The van der Waals surface area contributed by atoms with Crippen molar-refractivity contribution in [3.8, 4) is 11.8 Å². The Balaban J connectivity index is 0.00000484. The number of amides is 2. The fourth-order valence-electron chi connectivity index (χ4n) is 5.34. The molecular formula is C32H40F3N3O3. The average Bonchev–Trinajstić information content (AvgIpc) is 3.17. The molecule has 6 nitrogen and oxygen atoms in total. The monoisotopic (exact) mass is 571 g/mol. The van der Waals surface area contributed by atoms with Gasteiger partial charge in [0.15, 0.2) is 0 Å². The summed E-state index contributed by atoms with van der Waals surface area (Å²) in [4.78, 5) is 31.2. The molecule has 0 radical (unpaired) electrons. The maximum Gasteiger partial charge on any atom is 0.416 e. The van der Waals surface area contributed by atoms with Crippen molar-refractivity contribution in [1.29, 1.82) is 0 Å². The largest absolute Gasteiger partial charge is 0.444 e. The van der Waals surface area contributed by atoms with Gasteiger partial charge in [0.1, 0.15) is 11.3 Å². The highest BCUT2D eigenvalue weighted by molar-refractivity contribution is 5.94. The predicted molar refractivity (Wildman–Crippen MR) is 152 cm³/mol. The summed E-state index contributed by atoms with van der Waals surface area (Å²) in [6.07, 6.45) is 2.76. The molecule has 2 amide bonds. The normalized spacial score (nSPS) is 20.4. The lowest BCUT2D eigenvalue weighted by molar-refractivity contribution is -0.137. The van der Waals surface area contributed by atoms with Crippen LogP contribution in [0, 0.1) is 17.8 Å². The van der Waals surface area contributed by atoms with Crippen molar-refractivity contribution < 1.29 is 28.9 Å². The van der Waals surface area contributed by atoms with Crippen LogP contribution in [0.1, 0.15) is 100 Å². The number of hydrogen-bond donors (Lipinski definition) is 1. The Bertz CT molecular complexity index is 1270. The molecule has 41 heavy (non-hydrogen) atoms. The minimum absolute atomic E-state index is 0. The van der Waals surface area contributed by atoms with Crippen molar-refractivity contribution in [3.05, 3.63) is 65.0 Å². The first-order chi connectivity index (χ1) is 19.4. The van der Waals surface area contributed by atoms with E-state index in [1.807, 2.05) is 20.8 Å². The van der Waals surface area contributed by atoms with Gasteiger partial charge in [-0.1, -0.05) is 24.5 Å². The molecule has 1 aliphatic carbocycles. The van der Waals surface area contributed by atoms with Crippen molar-refractivity contribution in [3.63, 3.8) is 0 Å². The predicted octanol–water partition coefficient (Wildman–Crippen LogP) is 7.19. The number of hydrogen-bond acceptors (Lipinski definition) is 4. The molecule has 2 unspecified atom stereocenters. The quantitative estimate of drug-likeness (QED) is 0.313. The van der Waals surface area contributed by atoms with Crippen molar-refractivity contribution in [1.82, 2.24) is 15.2 Å². The van der Waals surface area contributed by atoms with Gasteiger partial charge in [-0.3, -0.25) is 4.79 Å². The number of aromatic nitrogens is 1. The lowest BCUT2D eigenvalue weighted by atomic mass is 9.90. The maximum atomic E-state index is 12.9. The molecule has 0 spiro atoms. The first-order valence-electron chi connectivity index (χ1n) is 14.3. The van der Waals surface area contributed by atoms with Gasteiger partial charge >= 0.3 is 12.3 Å². The zero-order valence-electron chi connectivity index (χ0n) is 23.9. The minimum atomic E-state index is -4.32. The van der Waals surface area contributed by atoms with Gasteiger partial charge in [-0.25, -0.2) is 9.78 Å². The second-order valence-electron chi connectivity index (χ2n) is 11.9. The average molecular weight is 572 g/mol. The summed E-state index contributed by atoms with van der Waals surface area (Å²) in [7, 11) is 0. The fraction of sp³-hybridized carbons (Fsp3) is 0.531. The highest BCUT2D eigenvalue weighted by Gasteiger charge is 2.31. The molecule has 2 fully saturated rings. The van der Waals surface area contributed by atoms with Crippen LogP contribution < -0.4 is 5.32 Å². The SMILES string of the molecule is CC(C)(C)OC(=O)N1CCC(NC(=O)c2ccnc(C#CC3CCCC(c4ccc(C(F)(F)F)cc4)CC3)c2)CC1.[HH]. The van der Waals surface area contributed by atoms with Crippen LogP contribution in [-0.4, -0.2) is 46.6 Å². The molecule has 222 valence electrons. The third kappa shape index (κ3) is 8.97. The van der Waals surface area contributed by atoms with Gasteiger partial charge in [0.2, 0.25) is 0 Å². The molecule has 2 aromatic rings. The van der Waals surface area contributed by atoms with E-state index in [4.69, 9.17) is 4.74 Å². The third-order valence-electron chi connectivity index (χ3n) is 7.59. The van der Waals surface area contributed by atoms with Crippen LogP contribution in [0.25, 0.3) is 0 Å². The van der Waals surface area contributed by atoms with Crippen molar-refractivity contribution >= 4 is 12.0 Å². The fourth-order valence-corrected chi connectivity index (χ4v) is 5.34. The molecule has 2 aliphatic rings. The van der Waals surface area contributed by atoms with Crippen molar-refractivity contribution in [2.75, 3.05) is 13.1 Å². The van der Waals surface area contributed by atoms with E-state index in [9.17, 15) is 22.8 Å². The van der Waals surface area contributed by atoms with Crippen LogP contribution in [-0.2, 0) is 10.9 Å². The number of rotatable bonds is 3. The van der Waals surface area contributed by atoms with E-state index in [1.165, 1.54) is 12.1 Å². The molecule has 1 aliphatic heterocycles.